The van der Waals surface area contributed by atoms with Crippen LogP contribution in [0.4, 0.5) is 4.79 Å². The first kappa shape index (κ1) is 16.7. The second-order valence-corrected chi connectivity index (χ2v) is 5.96. The Morgan fingerprint density at radius 3 is 2.35 bits per heavy atom. The van der Waals surface area contributed by atoms with Gasteiger partial charge in [0.1, 0.15) is 4.88 Å². The number of benzene rings is 1. The van der Waals surface area contributed by atoms with E-state index >= 15 is 0 Å². The Balaban J connectivity index is 2.21. The van der Waals surface area contributed by atoms with Gasteiger partial charge in [-0.1, -0.05) is 30.3 Å². The van der Waals surface area contributed by atoms with E-state index in [4.69, 9.17) is 4.74 Å². The summed E-state index contributed by atoms with van der Waals surface area (Å²) in [5.41, 5.74) is 0.482. The molecule has 2 N–H and O–H groups in total. The smallest absolute Gasteiger partial charge is 0.349 e. The summed E-state index contributed by atoms with van der Waals surface area (Å²) in [4.78, 5) is 37.1. The number of hydrogen-bond donors (Lipinski definition) is 2. The van der Waals surface area contributed by atoms with Gasteiger partial charge >= 0.3 is 12.0 Å². The maximum Gasteiger partial charge on any atom is 0.349 e. The molecule has 1 atom stereocenters. The highest BCUT2D eigenvalue weighted by Gasteiger charge is 2.27. The van der Waals surface area contributed by atoms with Crippen LogP contribution in [0.15, 0.2) is 42.5 Å². The Labute approximate surface area is 137 Å². The van der Waals surface area contributed by atoms with Gasteiger partial charge in [0.05, 0.1) is 0 Å². The molecule has 7 heteroatoms. The van der Waals surface area contributed by atoms with Crippen LogP contribution in [0.5, 0.6) is 0 Å². The van der Waals surface area contributed by atoms with Crippen molar-refractivity contribution in [3.05, 3.63) is 57.8 Å². The molecule has 1 aromatic heterocycles. The van der Waals surface area contributed by atoms with Crippen LogP contribution in [0, 0.1) is 6.92 Å². The molecule has 6 nitrogen and oxygen atoms in total. The van der Waals surface area contributed by atoms with Gasteiger partial charge in [-0.15, -0.1) is 11.3 Å². The summed E-state index contributed by atoms with van der Waals surface area (Å²) in [7, 11) is 1.39. The molecule has 0 radical (unpaired) electrons. The van der Waals surface area contributed by atoms with Gasteiger partial charge in [0.2, 0.25) is 6.10 Å². The number of amides is 3. The number of ether oxygens (including phenoxy) is 1. The van der Waals surface area contributed by atoms with Crippen LogP contribution in [0.25, 0.3) is 0 Å². The number of carbonyl (C=O) groups is 3. The first-order chi connectivity index (χ1) is 11.0. The Morgan fingerprint density at radius 2 is 1.78 bits per heavy atom. The SMILES string of the molecule is CNC(=O)NC(=O)[C@H](OC(=O)c1ccc(C)s1)c1ccccc1. The van der Waals surface area contributed by atoms with E-state index in [1.807, 2.05) is 6.92 Å². The maximum absolute atomic E-state index is 12.2. The highest BCUT2D eigenvalue weighted by molar-refractivity contribution is 7.13. The second kappa shape index (κ2) is 7.55. The number of imide groups is 1. The zero-order chi connectivity index (χ0) is 16.8. The molecule has 0 aliphatic rings. The van der Waals surface area contributed by atoms with Gasteiger partial charge in [-0.05, 0) is 19.1 Å². The van der Waals surface area contributed by atoms with Crippen molar-refractivity contribution < 1.29 is 19.1 Å². The summed E-state index contributed by atoms with van der Waals surface area (Å²) >= 11 is 1.28. The fraction of sp³-hybridized carbons (Fsp3) is 0.188. The monoisotopic (exact) mass is 332 g/mol. The van der Waals surface area contributed by atoms with E-state index < -0.39 is 24.0 Å². The van der Waals surface area contributed by atoms with E-state index in [1.54, 1.807) is 42.5 Å². The summed E-state index contributed by atoms with van der Waals surface area (Å²) in [5.74, 6) is -1.32. The highest BCUT2D eigenvalue weighted by atomic mass is 32.1. The molecule has 0 aliphatic carbocycles. The molecule has 1 aromatic carbocycles. The van der Waals surface area contributed by atoms with Crippen LogP contribution in [0.2, 0.25) is 0 Å². The molecule has 1 heterocycles. The summed E-state index contributed by atoms with van der Waals surface area (Å²) < 4.78 is 5.32. The molecule has 2 rings (SSSR count). The molecule has 2 aromatic rings. The predicted octanol–water partition coefficient (Wildman–Crippen LogP) is 2.41. The Bertz CT molecular complexity index is 712. The number of esters is 1. The van der Waals surface area contributed by atoms with Crippen molar-refractivity contribution >= 4 is 29.2 Å². The van der Waals surface area contributed by atoms with Crippen molar-refractivity contribution in [2.24, 2.45) is 0 Å². The van der Waals surface area contributed by atoms with Crippen molar-refractivity contribution in [3.8, 4) is 0 Å². The molecule has 23 heavy (non-hydrogen) atoms. The van der Waals surface area contributed by atoms with Gasteiger partial charge < -0.3 is 10.1 Å². The van der Waals surface area contributed by atoms with Gasteiger partial charge in [-0.25, -0.2) is 9.59 Å². The number of urea groups is 1. The molecule has 3 amide bonds. The minimum absolute atomic E-state index is 0.399. The van der Waals surface area contributed by atoms with Gasteiger partial charge in [0.25, 0.3) is 5.91 Å². The Hall–Kier alpha value is -2.67. The second-order valence-electron chi connectivity index (χ2n) is 4.67. The summed E-state index contributed by atoms with van der Waals surface area (Å²) in [5, 5.41) is 4.41. The van der Waals surface area contributed by atoms with Crippen LogP contribution >= 0.6 is 11.3 Å². The molecule has 0 spiro atoms. The third-order valence-corrected chi connectivity index (χ3v) is 3.95. The Morgan fingerprint density at radius 1 is 1.09 bits per heavy atom. The van der Waals surface area contributed by atoms with Crippen LogP contribution in [-0.2, 0) is 9.53 Å². The van der Waals surface area contributed by atoms with E-state index in [0.717, 1.165) is 4.88 Å². The largest absolute Gasteiger partial charge is 0.443 e. The molecule has 0 bridgehead atoms. The van der Waals surface area contributed by atoms with E-state index in [2.05, 4.69) is 10.6 Å². The maximum atomic E-state index is 12.2. The lowest BCUT2D eigenvalue weighted by atomic mass is 10.1. The molecule has 0 unspecified atom stereocenters. The third kappa shape index (κ3) is 4.40. The average molecular weight is 332 g/mol. The minimum Gasteiger partial charge on any atom is -0.443 e. The van der Waals surface area contributed by atoms with Crippen molar-refractivity contribution in [1.82, 2.24) is 10.6 Å². The van der Waals surface area contributed by atoms with E-state index in [9.17, 15) is 14.4 Å². The lowest BCUT2D eigenvalue weighted by Crippen LogP contribution is -2.41. The zero-order valence-electron chi connectivity index (χ0n) is 12.7. The number of nitrogens with one attached hydrogen (secondary N) is 2. The number of hydrogen-bond acceptors (Lipinski definition) is 5. The summed E-state index contributed by atoms with van der Waals surface area (Å²) in [6.45, 7) is 1.87. The molecule has 0 aliphatic heterocycles. The van der Waals surface area contributed by atoms with Gasteiger partial charge in [0, 0.05) is 17.5 Å². The number of carbonyl (C=O) groups excluding carboxylic acids is 3. The van der Waals surface area contributed by atoms with Gasteiger partial charge in [0.15, 0.2) is 0 Å². The van der Waals surface area contributed by atoms with Crippen molar-refractivity contribution in [2.75, 3.05) is 7.05 Å². The third-order valence-electron chi connectivity index (χ3n) is 2.97. The molecular formula is C16H16N2O4S. The normalized spacial score (nSPS) is 11.4. The number of thiophene rings is 1. The Kier molecular flexibility index (Phi) is 5.48. The van der Waals surface area contributed by atoms with Crippen molar-refractivity contribution in [2.45, 2.75) is 13.0 Å². The predicted molar refractivity (Wildman–Crippen MR) is 86.3 cm³/mol. The quantitative estimate of drug-likeness (QED) is 0.842. The summed E-state index contributed by atoms with van der Waals surface area (Å²) in [6, 6.07) is 11.3. The zero-order valence-corrected chi connectivity index (χ0v) is 13.5. The van der Waals surface area contributed by atoms with E-state index in [-0.39, 0.29) is 0 Å². The van der Waals surface area contributed by atoms with Crippen LogP contribution in [0.1, 0.15) is 26.2 Å². The van der Waals surface area contributed by atoms with Crippen LogP contribution in [0.3, 0.4) is 0 Å². The lowest BCUT2D eigenvalue weighted by Gasteiger charge is -2.17. The molecule has 120 valence electrons. The van der Waals surface area contributed by atoms with E-state index in [0.29, 0.717) is 10.4 Å². The highest BCUT2D eigenvalue weighted by Crippen LogP contribution is 2.22. The van der Waals surface area contributed by atoms with Crippen LogP contribution in [-0.4, -0.2) is 25.0 Å². The van der Waals surface area contributed by atoms with Gasteiger partial charge in [-0.3, -0.25) is 10.1 Å². The first-order valence-corrected chi connectivity index (χ1v) is 7.68. The lowest BCUT2D eigenvalue weighted by molar-refractivity contribution is -0.129. The molecule has 0 saturated carbocycles. The van der Waals surface area contributed by atoms with Crippen molar-refractivity contribution in [1.29, 1.82) is 0 Å². The standard InChI is InChI=1S/C16H16N2O4S/c1-10-8-9-12(23-10)15(20)22-13(11-6-4-3-5-7-11)14(19)18-16(21)17-2/h3-9,13H,1-2H3,(H2,17,18,19,21)/t13-/m1/s1. The molecule has 0 saturated heterocycles. The number of aryl methyl sites for hydroxylation is 1. The topological polar surface area (TPSA) is 84.5 Å². The number of rotatable bonds is 4. The van der Waals surface area contributed by atoms with Crippen LogP contribution < -0.4 is 10.6 Å². The van der Waals surface area contributed by atoms with Gasteiger partial charge in [-0.2, -0.15) is 0 Å². The summed E-state index contributed by atoms with van der Waals surface area (Å²) in [6.07, 6.45) is -1.21. The first-order valence-electron chi connectivity index (χ1n) is 6.86. The minimum atomic E-state index is -1.21. The van der Waals surface area contributed by atoms with Crippen molar-refractivity contribution in [3.63, 3.8) is 0 Å². The molecule has 0 fully saturated rings. The molecular weight excluding hydrogens is 316 g/mol. The fourth-order valence-electron chi connectivity index (χ4n) is 1.85. The van der Waals surface area contributed by atoms with E-state index in [1.165, 1.54) is 18.4 Å². The fourth-order valence-corrected chi connectivity index (χ4v) is 2.60. The average Bonchev–Trinajstić information content (AvgIpc) is 2.99.